The molecule has 0 aromatic heterocycles. The maximum absolute atomic E-state index is 15.2. The van der Waals surface area contributed by atoms with Crippen LogP contribution >= 0.6 is 0 Å². The second-order valence-electron chi connectivity index (χ2n) is 24.7. The lowest BCUT2D eigenvalue weighted by molar-refractivity contribution is -0.153. The van der Waals surface area contributed by atoms with Crippen molar-refractivity contribution in [2.75, 3.05) is 66.9 Å². The summed E-state index contributed by atoms with van der Waals surface area (Å²) in [5.41, 5.74) is 1.66. The van der Waals surface area contributed by atoms with E-state index in [9.17, 15) is 38.4 Å². The molecule has 3 aliphatic heterocycles. The van der Waals surface area contributed by atoms with Gasteiger partial charge in [0.1, 0.15) is 30.2 Å². The third kappa shape index (κ3) is 17.9. The molecule has 4 aromatic rings. The first kappa shape index (κ1) is 68.6. The molecule has 90 heavy (non-hydrogen) atoms. The molecule has 0 spiro atoms. The molecule has 1 unspecified atom stereocenters. The normalized spacial score (nSPS) is 23.0. The van der Waals surface area contributed by atoms with Crippen molar-refractivity contribution in [3.8, 4) is 11.5 Å². The molecule has 482 valence electrons. The maximum atomic E-state index is 15.2. The number of methoxy groups -OCH3 is 2. The average Bonchev–Trinajstić information content (AvgIpc) is 1.52. The smallest absolute Gasteiger partial charge is 0.291 e. The van der Waals surface area contributed by atoms with Crippen LogP contribution < -0.4 is 30.7 Å². The molecule has 4 N–H and O–H groups in total. The Bertz CT molecular complexity index is 3240. The Hall–Kier alpha value is -8.88. The van der Waals surface area contributed by atoms with Crippen molar-refractivity contribution in [2.45, 2.75) is 141 Å². The minimum atomic E-state index is -1.38. The predicted molar refractivity (Wildman–Crippen MR) is 340 cm³/mol. The molecule has 0 aliphatic carbocycles. The van der Waals surface area contributed by atoms with Crippen molar-refractivity contribution in [1.29, 1.82) is 0 Å². The molecule has 7 rings (SSSR count). The van der Waals surface area contributed by atoms with E-state index >= 15 is 9.59 Å². The highest BCUT2D eigenvalue weighted by atomic mass is 16.5. The number of nitrogens with zero attached hydrogens (tertiary/aromatic N) is 5. The molecule has 3 aliphatic rings. The van der Waals surface area contributed by atoms with Gasteiger partial charge in [0, 0.05) is 72.3 Å². The molecule has 2 bridgehead atoms. The van der Waals surface area contributed by atoms with Gasteiger partial charge >= 0.3 is 0 Å². The van der Waals surface area contributed by atoms with Crippen molar-refractivity contribution < 1.29 is 57.4 Å². The van der Waals surface area contributed by atoms with Crippen LogP contribution in [0, 0.1) is 11.3 Å². The second kappa shape index (κ2) is 32.0. The summed E-state index contributed by atoms with van der Waals surface area (Å²) in [5.74, 6) is -4.58. The number of amides is 9. The fraction of sp³-hybridized carbons (Fsp3) is 0.478. The Balaban J connectivity index is 1.20. The van der Waals surface area contributed by atoms with Gasteiger partial charge in [-0.05, 0) is 116 Å². The lowest BCUT2D eigenvalue weighted by Crippen LogP contribution is -2.58. The van der Waals surface area contributed by atoms with Crippen molar-refractivity contribution >= 4 is 64.6 Å². The zero-order chi connectivity index (χ0) is 65.2. The number of ketones is 1. The van der Waals surface area contributed by atoms with E-state index in [-0.39, 0.29) is 70.1 Å². The summed E-state index contributed by atoms with van der Waals surface area (Å²) in [5, 5.41) is 11.7. The van der Waals surface area contributed by atoms with Gasteiger partial charge in [-0.1, -0.05) is 113 Å². The van der Waals surface area contributed by atoms with Gasteiger partial charge < -0.3 is 55.2 Å². The van der Waals surface area contributed by atoms with E-state index < -0.39 is 94.7 Å². The van der Waals surface area contributed by atoms with Gasteiger partial charge in [0.05, 0.1) is 25.7 Å². The number of carbonyl (C=O) groups is 10. The quantitative estimate of drug-likeness (QED) is 0.124. The zero-order valence-electron chi connectivity index (χ0n) is 53.5. The Kier molecular flexibility index (Phi) is 24.4. The molecular weight excluding hydrogens is 1150 g/mol. The summed E-state index contributed by atoms with van der Waals surface area (Å²) in [4.78, 5) is 151. The minimum absolute atomic E-state index is 0.0155. The Morgan fingerprint density at radius 1 is 0.611 bits per heavy atom. The lowest BCUT2D eigenvalue weighted by atomic mass is 9.86. The first-order valence-corrected chi connectivity index (χ1v) is 31.2. The van der Waals surface area contributed by atoms with Crippen LogP contribution in [-0.2, 0) is 60.8 Å². The van der Waals surface area contributed by atoms with E-state index in [1.807, 2.05) is 56.3 Å². The van der Waals surface area contributed by atoms with E-state index in [1.165, 1.54) is 44.7 Å². The number of rotatable bonds is 10. The summed E-state index contributed by atoms with van der Waals surface area (Å²) in [6.07, 6.45) is 5.98. The van der Waals surface area contributed by atoms with Crippen LogP contribution in [0.4, 0.5) is 5.69 Å². The highest BCUT2D eigenvalue weighted by Gasteiger charge is 2.45. The zero-order valence-corrected chi connectivity index (χ0v) is 53.5. The van der Waals surface area contributed by atoms with E-state index in [0.29, 0.717) is 73.3 Å². The molecule has 2 saturated heterocycles. The first-order chi connectivity index (χ1) is 43.0. The number of nitrogens with one attached hydrogen (secondary N) is 4. The van der Waals surface area contributed by atoms with Crippen molar-refractivity contribution in [3.05, 3.63) is 138 Å². The Labute approximate surface area is 528 Å². The standard InChI is InChI=1S/C69H89N9O12/c1-45(2)40-54-64(84)74(5)37-18-17-30-58(79)70-44-69(3,4)62(82)68(88)77-38-19-16-28-52(77)63(83)72-51(33-31-47-32-34-56(89-8)57(42-47)90-9)49-26-20-27-50(43-49)71-59(80)35-36-60(81)73-61(48-24-14-11-15-25-48)67(87)76(7)55(41-46-22-12-10-13-23-46)66(86)78-39-21-29-53(78)65(85)75(54)6/h10-15,17,20,22-27,30,32,34,42-43,45,51-55,61H,16,18-19,21,28-29,31,33,35-41,44H2,1-9H3,(H,70,79)(H,71,80)(H,72,83)(H,73,81)/t51-,52+,53-,54+,55+,61?/m1/s1. The fourth-order valence-corrected chi connectivity index (χ4v) is 11.8. The van der Waals surface area contributed by atoms with Gasteiger partial charge in [-0.25, -0.2) is 0 Å². The van der Waals surface area contributed by atoms with Crippen LogP contribution in [0.2, 0.25) is 0 Å². The van der Waals surface area contributed by atoms with E-state index in [2.05, 4.69) is 21.3 Å². The monoisotopic (exact) mass is 1240 g/mol. The number of fused-ring (bicyclic) bond motifs is 4. The van der Waals surface area contributed by atoms with Crippen molar-refractivity contribution in [2.24, 2.45) is 11.3 Å². The van der Waals surface area contributed by atoms with Gasteiger partial charge in [0.25, 0.3) is 5.91 Å². The van der Waals surface area contributed by atoms with E-state index in [1.54, 1.807) is 102 Å². The van der Waals surface area contributed by atoms with Crippen LogP contribution in [0.25, 0.3) is 0 Å². The molecule has 0 saturated carbocycles. The largest absolute Gasteiger partial charge is 0.493 e. The van der Waals surface area contributed by atoms with Gasteiger partial charge in [-0.15, -0.1) is 0 Å². The van der Waals surface area contributed by atoms with Crippen LogP contribution in [-0.4, -0.2) is 169 Å². The summed E-state index contributed by atoms with van der Waals surface area (Å²) in [7, 11) is 7.77. The SMILES string of the molecule is COc1ccc(CC[C@H]2NC(=O)[C@@H]3CCCCN3C(=O)C(=O)C(C)(C)CNC(=O)C=CCCN(C)C(=O)[C@H](CC(C)C)N(C)C(=O)[C@H]3CCCN3C(=O)[C@H](Cc3ccccc3)N(C)C(=O)C(c3ccccc3)NC(=O)CCC(=O)Nc3cccc2c3)cc1OC. The fourth-order valence-electron chi connectivity index (χ4n) is 11.8. The van der Waals surface area contributed by atoms with Gasteiger partial charge in [-0.2, -0.15) is 0 Å². The summed E-state index contributed by atoms with van der Waals surface area (Å²) >= 11 is 0. The lowest BCUT2D eigenvalue weighted by Gasteiger charge is -2.37. The average molecular weight is 1240 g/mol. The predicted octanol–water partition coefficient (Wildman–Crippen LogP) is 6.51. The summed E-state index contributed by atoms with van der Waals surface area (Å²) in [6, 6.07) is 24.2. The van der Waals surface area contributed by atoms with Gasteiger partial charge in [-0.3, -0.25) is 47.9 Å². The molecular formula is C69H89N9O12. The van der Waals surface area contributed by atoms with E-state index in [4.69, 9.17) is 9.47 Å². The number of anilines is 1. The summed E-state index contributed by atoms with van der Waals surface area (Å²) in [6.45, 7) is 7.37. The number of likely N-dealkylation sites (N-methyl/N-ethyl adjacent to an activating group) is 3. The maximum Gasteiger partial charge on any atom is 0.291 e. The molecule has 3 heterocycles. The highest BCUT2D eigenvalue weighted by molar-refractivity contribution is 6.38. The van der Waals surface area contributed by atoms with Crippen molar-refractivity contribution in [3.63, 3.8) is 0 Å². The van der Waals surface area contributed by atoms with Gasteiger partial charge in [0.2, 0.25) is 53.0 Å². The number of piperidine rings is 1. The number of aryl methyl sites for hydroxylation is 1. The number of carbonyl (C=O) groups excluding carboxylic acids is 10. The molecule has 9 amide bonds. The topological polar surface area (TPSA) is 253 Å². The molecule has 2 fully saturated rings. The van der Waals surface area contributed by atoms with E-state index in [0.717, 1.165) is 11.1 Å². The minimum Gasteiger partial charge on any atom is -0.493 e. The van der Waals surface area contributed by atoms with Crippen LogP contribution in [0.3, 0.4) is 0 Å². The van der Waals surface area contributed by atoms with Crippen LogP contribution in [0.5, 0.6) is 11.5 Å². The molecule has 21 heteroatoms. The Morgan fingerprint density at radius 2 is 1.27 bits per heavy atom. The first-order valence-electron chi connectivity index (χ1n) is 31.2. The highest BCUT2D eigenvalue weighted by Crippen LogP contribution is 2.32. The third-order valence-corrected chi connectivity index (χ3v) is 17.2. The number of benzene rings is 4. The summed E-state index contributed by atoms with van der Waals surface area (Å²) < 4.78 is 11.0. The van der Waals surface area contributed by atoms with Crippen molar-refractivity contribution in [1.82, 2.24) is 40.4 Å². The van der Waals surface area contributed by atoms with Crippen LogP contribution in [0.1, 0.15) is 126 Å². The molecule has 21 nitrogen and oxygen atoms in total. The van der Waals surface area contributed by atoms with Crippen LogP contribution in [0.15, 0.2) is 115 Å². The number of ether oxygens (including phenoxy) is 2. The molecule has 6 atom stereocenters. The molecule has 4 aromatic carbocycles. The number of hydrogen-bond donors (Lipinski definition) is 4. The third-order valence-electron chi connectivity index (χ3n) is 17.2. The van der Waals surface area contributed by atoms with Gasteiger partial charge in [0.15, 0.2) is 11.5 Å². The molecule has 0 radical (unpaired) electrons. The Morgan fingerprint density at radius 3 is 1.97 bits per heavy atom. The number of Topliss-reactive ketones (excluding diaryl/α,β-unsaturated/α-hetero) is 1. The second-order valence-corrected chi connectivity index (χ2v) is 24.7. The number of hydrogen-bond acceptors (Lipinski definition) is 12.